The smallest absolute Gasteiger partial charge is 0.137 e. The molecule has 0 saturated carbocycles. The number of fused-ring (bicyclic) bond motifs is 1. The lowest BCUT2D eigenvalue weighted by Crippen LogP contribution is -2.12. The summed E-state index contributed by atoms with van der Waals surface area (Å²) in [5, 5.41) is 7.67. The number of nitrogens with one attached hydrogen (secondary N) is 2. The van der Waals surface area contributed by atoms with Crippen LogP contribution in [0.15, 0.2) is 36.1 Å². The largest absolute Gasteiger partial charge is 0.346 e. The quantitative estimate of drug-likeness (QED) is 0.740. The Hall–Kier alpha value is -1.72. The van der Waals surface area contributed by atoms with E-state index in [1.54, 1.807) is 17.5 Å². The molecule has 0 aromatic carbocycles. The van der Waals surface area contributed by atoms with E-state index >= 15 is 0 Å². The van der Waals surface area contributed by atoms with E-state index in [4.69, 9.17) is 0 Å². The first kappa shape index (κ1) is 10.4. The SMILES string of the molecule is c1cnc2[nH]cc(CNCc3nccs3)c2c1. The number of thiazole rings is 1. The molecule has 0 atom stereocenters. The van der Waals surface area contributed by atoms with Crippen LogP contribution in [0.5, 0.6) is 0 Å². The third-order valence-electron chi connectivity index (χ3n) is 2.61. The van der Waals surface area contributed by atoms with E-state index in [2.05, 4.69) is 26.3 Å². The van der Waals surface area contributed by atoms with Gasteiger partial charge in [0.25, 0.3) is 0 Å². The zero-order valence-corrected chi connectivity index (χ0v) is 10.00. The van der Waals surface area contributed by atoms with Crippen molar-refractivity contribution in [3.63, 3.8) is 0 Å². The molecule has 17 heavy (non-hydrogen) atoms. The van der Waals surface area contributed by atoms with Gasteiger partial charge in [-0.15, -0.1) is 11.3 Å². The van der Waals surface area contributed by atoms with Crippen molar-refractivity contribution < 1.29 is 0 Å². The van der Waals surface area contributed by atoms with Crippen molar-refractivity contribution in [3.8, 4) is 0 Å². The molecule has 3 aromatic rings. The van der Waals surface area contributed by atoms with Crippen LogP contribution in [0.1, 0.15) is 10.6 Å². The summed E-state index contributed by atoms with van der Waals surface area (Å²) in [5.41, 5.74) is 2.18. The second-order valence-electron chi connectivity index (χ2n) is 3.74. The second-order valence-corrected chi connectivity index (χ2v) is 4.72. The van der Waals surface area contributed by atoms with Crippen LogP contribution in [0, 0.1) is 0 Å². The predicted octanol–water partition coefficient (Wildman–Crippen LogP) is 2.31. The molecule has 0 aliphatic carbocycles. The van der Waals surface area contributed by atoms with Gasteiger partial charge in [-0.1, -0.05) is 0 Å². The highest BCUT2D eigenvalue weighted by Crippen LogP contribution is 2.15. The molecule has 3 rings (SSSR count). The van der Waals surface area contributed by atoms with Crippen molar-refractivity contribution in [1.29, 1.82) is 0 Å². The van der Waals surface area contributed by atoms with Crippen LogP contribution in [0.3, 0.4) is 0 Å². The Morgan fingerprint density at radius 3 is 3.12 bits per heavy atom. The number of hydrogen-bond acceptors (Lipinski definition) is 4. The lowest BCUT2D eigenvalue weighted by Gasteiger charge is -2.00. The first-order chi connectivity index (χ1) is 8.43. The molecule has 0 spiro atoms. The Kier molecular flexibility index (Phi) is 2.85. The molecule has 3 aromatic heterocycles. The van der Waals surface area contributed by atoms with Gasteiger partial charge in [-0.05, 0) is 17.7 Å². The number of pyridine rings is 1. The van der Waals surface area contributed by atoms with E-state index in [1.165, 1.54) is 10.9 Å². The van der Waals surface area contributed by atoms with Gasteiger partial charge < -0.3 is 10.3 Å². The van der Waals surface area contributed by atoms with E-state index in [0.717, 1.165) is 23.7 Å². The molecule has 86 valence electrons. The zero-order chi connectivity index (χ0) is 11.5. The predicted molar refractivity (Wildman–Crippen MR) is 68.8 cm³/mol. The Morgan fingerprint density at radius 1 is 1.24 bits per heavy atom. The van der Waals surface area contributed by atoms with Crippen molar-refractivity contribution in [2.45, 2.75) is 13.1 Å². The first-order valence-corrected chi connectivity index (χ1v) is 6.31. The molecule has 0 radical (unpaired) electrons. The second kappa shape index (κ2) is 4.65. The van der Waals surface area contributed by atoms with Gasteiger partial charge >= 0.3 is 0 Å². The highest BCUT2D eigenvalue weighted by Gasteiger charge is 2.03. The molecule has 2 N–H and O–H groups in total. The lowest BCUT2D eigenvalue weighted by molar-refractivity contribution is 0.693. The number of H-pyrrole nitrogens is 1. The van der Waals surface area contributed by atoms with Gasteiger partial charge in [0, 0.05) is 42.4 Å². The van der Waals surface area contributed by atoms with Crippen LogP contribution >= 0.6 is 11.3 Å². The number of hydrogen-bond donors (Lipinski definition) is 2. The van der Waals surface area contributed by atoms with Crippen LogP contribution < -0.4 is 5.32 Å². The van der Waals surface area contributed by atoms with Crippen molar-refractivity contribution in [2.75, 3.05) is 0 Å². The minimum Gasteiger partial charge on any atom is -0.346 e. The number of aromatic amines is 1. The minimum atomic E-state index is 0.810. The molecule has 3 heterocycles. The normalized spacial score (nSPS) is 11.1. The molecule has 0 saturated heterocycles. The summed E-state index contributed by atoms with van der Waals surface area (Å²) in [7, 11) is 0. The maximum Gasteiger partial charge on any atom is 0.137 e. The van der Waals surface area contributed by atoms with Gasteiger partial charge in [-0.25, -0.2) is 9.97 Å². The van der Waals surface area contributed by atoms with Gasteiger partial charge in [0.05, 0.1) is 0 Å². The third-order valence-corrected chi connectivity index (χ3v) is 3.39. The summed E-state index contributed by atoms with van der Waals surface area (Å²) in [5.74, 6) is 0. The number of aromatic nitrogens is 3. The van der Waals surface area contributed by atoms with Crippen molar-refractivity contribution in [2.24, 2.45) is 0 Å². The first-order valence-electron chi connectivity index (χ1n) is 5.43. The fourth-order valence-corrected chi connectivity index (χ4v) is 2.39. The minimum absolute atomic E-state index is 0.810. The van der Waals surface area contributed by atoms with Gasteiger partial charge in [0.1, 0.15) is 10.7 Å². The molecule has 5 heteroatoms. The van der Waals surface area contributed by atoms with Gasteiger partial charge in [0.2, 0.25) is 0 Å². The highest BCUT2D eigenvalue weighted by molar-refractivity contribution is 7.09. The number of nitrogens with zero attached hydrogens (tertiary/aromatic N) is 2. The molecule has 0 aliphatic heterocycles. The van der Waals surface area contributed by atoms with Gasteiger partial charge in [0.15, 0.2) is 0 Å². The maximum atomic E-state index is 4.27. The molecule has 4 nitrogen and oxygen atoms in total. The highest BCUT2D eigenvalue weighted by atomic mass is 32.1. The fourth-order valence-electron chi connectivity index (χ4n) is 1.80. The Bertz CT molecular complexity index is 600. The summed E-state index contributed by atoms with van der Waals surface area (Å²) in [6, 6.07) is 4.04. The Labute approximate surface area is 103 Å². The molecule has 0 bridgehead atoms. The Morgan fingerprint density at radius 2 is 2.24 bits per heavy atom. The summed E-state index contributed by atoms with van der Waals surface area (Å²) in [6.45, 7) is 1.63. The van der Waals surface area contributed by atoms with E-state index in [-0.39, 0.29) is 0 Å². The maximum absolute atomic E-state index is 4.27. The van der Waals surface area contributed by atoms with Crippen molar-refractivity contribution in [1.82, 2.24) is 20.3 Å². The van der Waals surface area contributed by atoms with E-state index in [0.29, 0.717) is 0 Å². The average molecular weight is 244 g/mol. The van der Waals surface area contributed by atoms with E-state index in [9.17, 15) is 0 Å². The number of rotatable bonds is 4. The van der Waals surface area contributed by atoms with E-state index < -0.39 is 0 Å². The van der Waals surface area contributed by atoms with Crippen molar-refractivity contribution in [3.05, 3.63) is 46.7 Å². The molecular formula is C12H12N4S. The van der Waals surface area contributed by atoms with Crippen LogP contribution in [0.4, 0.5) is 0 Å². The van der Waals surface area contributed by atoms with Gasteiger partial charge in [-0.2, -0.15) is 0 Å². The summed E-state index contributed by atoms with van der Waals surface area (Å²) in [6.07, 6.45) is 5.63. The summed E-state index contributed by atoms with van der Waals surface area (Å²) in [4.78, 5) is 11.7. The van der Waals surface area contributed by atoms with Crippen LogP contribution in [0.2, 0.25) is 0 Å². The van der Waals surface area contributed by atoms with Gasteiger partial charge in [-0.3, -0.25) is 0 Å². The molecule has 0 amide bonds. The molecule has 0 aliphatic rings. The molecular weight excluding hydrogens is 232 g/mol. The zero-order valence-electron chi connectivity index (χ0n) is 9.18. The summed E-state index contributed by atoms with van der Waals surface area (Å²) >= 11 is 1.67. The molecule has 0 fully saturated rings. The van der Waals surface area contributed by atoms with Crippen molar-refractivity contribution >= 4 is 22.4 Å². The molecule has 0 unspecified atom stereocenters. The lowest BCUT2D eigenvalue weighted by atomic mass is 10.2. The van der Waals surface area contributed by atoms with E-state index in [1.807, 2.05) is 23.8 Å². The van der Waals surface area contributed by atoms with Crippen LogP contribution in [0.25, 0.3) is 11.0 Å². The van der Waals surface area contributed by atoms with Crippen LogP contribution in [-0.2, 0) is 13.1 Å². The Balaban J connectivity index is 1.69. The average Bonchev–Trinajstić information content (AvgIpc) is 2.99. The fraction of sp³-hybridized carbons (Fsp3) is 0.167. The monoisotopic (exact) mass is 244 g/mol. The third kappa shape index (κ3) is 2.20. The summed E-state index contributed by atoms with van der Waals surface area (Å²) < 4.78 is 0. The van der Waals surface area contributed by atoms with Crippen LogP contribution in [-0.4, -0.2) is 15.0 Å². The topological polar surface area (TPSA) is 53.6 Å². The standard InChI is InChI=1S/C12H12N4S/c1-2-10-9(7-16-12(10)15-3-1)6-13-8-11-14-4-5-17-11/h1-5,7,13H,6,8H2,(H,15,16).